The van der Waals surface area contributed by atoms with E-state index in [1.807, 2.05) is 19.9 Å². The molecular weight excluding hydrogens is 271 g/mol. The quantitative estimate of drug-likeness (QED) is 0.751. The standard InChI is InChI=1S/C17H17FO3/c1-3-20-16-8-5-12(10-17(16)21-4-2)15-7-6-14(18)9-13(15)11-19/h5-11H,3-4H2,1-2H3. The Morgan fingerprint density at radius 1 is 1.00 bits per heavy atom. The molecule has 0 radical (unpaired) electrons. The fourth-order valence-electron chi connectivity index (χ4n) is 2.11. The van der Waals surface area contributed by atoms with Crippen molar-refractivity contribution in [3.63, 3.8) is 0 Å². The highest BCUT2D eigenvalue weighted by atomic mass is 19.1. The third-order valence-electron chi connectivity index (χ3n) is 2.99. The molecule has 0 saturated carbocycles. The van der Waals surface area contributed by atoms with Crippen molar-refractivity contribution >= 4 is 6.29 Å². The summed E-state index contributed by atoms with van der Waals surface area (Å²) in [5.74, 6) is 0.827. The number of halogens is 1. The first-order valence-electron chi connectivity index (χ1n) is 6.84. The fraction of sp³-hybridized carbons (Fsp3) is 0.235. The molecule has 2 aromatic rings. The highest BCUT2D eigenvalue weighted by molar-refractivity contribution is 5.88. The molecule has 0 aliphatic carbocycles. The number of benzene rings is 2. The summed E-state index contributed by atoms with van der Waals surface area (Å²) in [7, 11) is 0. The summed E-state index contributed by atoms with van der Waals surface area (Å²) >= 11 is 0. The van der Waals surface area contributed by atoms with Crippen LogP contribution in [0, 0.1) is 5.82 Å². The first-order valence-corrected chi connectivity index (χ1v) is 6.84. The predicted molar refractivity (Wildman–Crippen MR) is 79.6 cm³/mol. The van der Waals surface area contributed by atoms with Crippen molar-refractivity contribution in [2.45, 2.75) is 13.8 Å². The Morgan fingerprint density at radius 2 is 1.71 bits per heavy atom. The van der Waals surface area contributed by atoms with Gasteiger partial charge in [0, 0.05) is 5.56 Å². The van der Waals surface area contributed by atoms with Crippen LogP contribution in [-0.2, 0) is 0 Å². The van der Waals surface area contributed by atoms with Crippen molar-refractivity contribution < 1.29 is 18.7 Å². The number of rotatable bonds is 6. The van der Waals surface area contributed by atoms with Gasteiger partial charge in [0.2, 0.25) is 0 Å². The van der Waals surface area contributed by atoms with Crippen molar-refractivity contribution in [1.82, 2.24) is 0 Å². The Morgan fingerprint density at radius 3 is 2.38 bits per heavy atom. The largest absolute Gasteiger partial charge is 0.490 e. The summed E-state index contributed by atoms with van der Waals surface area (Å²) in [6.07, 6.45) is 0.648. The van der Waals surface area contributed by atoms with Crippen molar-refractivity contribution in [1.29, 1.82) is 0 Å². The molecule has 0 heterocycles. The predicted octanol–water partition coefficient (Wildman–Crippen LogP) is 4.10. The summed E-state index contributed by atoms with van der Waals surface area (Å²) in [6, 6.07) is 9.56. The number of carbonyl (C=O) groups is 1. The highest BCUT2D eigenvalue weighted by Gasteiger charge is 2.11. The first kappa shape index (κ1) is 15.0. The lowest BCUT2D eigenvalue weighted by Crippen LogP contribution is -1.99. The summed E-state index contributed by atoms with van der Waals surface area (Å²) in [5, 5.41) is 0. The van der Waals surface area contributed by atoms with E-state index in [0.29, 0.717) is 42.1 Å². The molecule has 3 nitrogen and oxygen atoms in total. The van der Waals surface area contributed by atoms with Gasteiger partial charge in [0.05, 0.1) is 13.2 Å². The average Bonchev–Trinajstić information content (AvgIpc) is 2.49. The molecule has 4 heteroatoms. The second-order valence-corrected chi connectivity index (χ2v) is 4.38. The molecule has 0 N–H and O–H groups in total. The van der Waals surface area contributed by atoms with Gasteiger partial charge in [-0.15, -0.1) is 0 Å². The number of hydrogen-bond donors (Lipinski definition) is 0. The molecule has 2 aromatic carbocycles. The minimum Gasteiger partial charge on any atom is -0.490 e. The van der Waals surface area contributed by atoms with Crippen LogP contribution in [0.3, 0.4) is 0 Å². The Balaban J connectivity index is 2.49. The van der Waals surface area contributed by atoms with Crippen LogP contribution in [0.25, 0.3) is 11.1 Å². The molecule has 0 aromatic heterocycles. The molecule has 2 rings (SSSR count). The number of aldehydes is 1. The van der Waals surface area contributed by atoms with Gasteiger partial charge in [-0.25, -0.2) is 4.39 Å². The SMILES string of the molecule is CCOc1ccc(-c2ccc(F)cc2C=O)cc1OCC. The molecule has 0 saturated heterocycles. The summed E-state index contributed by atoms with van der Waals surface area (Å²) in [5.41, 5.74) is 1.75. The molecule has 0 atom stereocenters. The zero-order valence-corrected chi connectivity index (χ0v) is 12.1. The first-order chi connectivity index (χ1) is 10.2. The van der Waals surface area contributed by atoms with E-state index in [1.54, 1.807) is 18.2 Å². The molecule has 21 heavy (non-hydrogen) atoms. The van der Waals surface area contributed by atoms with Crippen LogP contribution in [-0.4, -0.2) is 19.5 Å². The molecule has 110 valence electrons. The fourth-order valence-corrected chi connectivity index (χ4v) is 2.11. The maximum atomic E-state index is 13.2. The van der Waals surface area contributed by atoms with Crippen molar-refractivity contribution in [2.75, 3.05) is 13.2 Å². The van der Waals surface area contributed by atoms with Gasteiger partial charge in [0.1, 0.15) is 5.82 Å². The van der Waals surface area contributed by atoms with Gasteiger partial charge in [0.15, 0.2) is 17.8 Å². The smallest absolute Gasteiger partial charge is 0.161 e. The summed E-state index contributed by atoms with van der Waals surface area (Å²) in [4.78, 5) is 11.1. The zero-order valence-electron chi connectivity index (χ0n) is 12.1. The lowest BCUT2D eigenvalue weighted by Gasteiger charge is -2.13. The second kappa shape index (κ2) is 6.88. The highest BCUT2D eigenvalue weighted by Crippen LogP contribution is 2.34. The monoisotopic (exact) mass is 288 g/mol. The van der Waals surface area contributed by atoms with E-state index in [2.05, 4.69) is 0 Å². The third-order valence-corrected chi connectivity index (χ3v) is 2.99. The average molecular weight is 288 g/mol. The Hall–Kier alpha value is -2.36. The van der Waals surface area contributed by atoms with Crippen LogP contribution in [0.2, 0.25) is 0 Å². The minimum atomic E-state index is -0.434. The molecule has 0 spiro atoms. The van der Waals surface area contributed by atoms with E-state index in [4.69, 9.17) is 9.47 Å². The van der Waals surface area contributed by atoms with E-state index < -0.39 is 5.82 Å². The Labute approximate surface area is 123 Å². The van der Waals surface area contributed by atoms with E-state index in [-0.39, 0.29) is 0 Å². The van der Waals surface area contributed by atoms with Gasteiger partial charge in [-0.1, -0.05) is 12.1 Å². The summed E-state index contributed by atoms with van der Waals surface area (Å²) in [6.45, 7) is 4.83. The van der Waals surface area contributed by atoms with Crippen LogP contribution in [0.4, 0.5) is 4.39 Å². The maximum absolute atomic E-state index is 13.2. The number of carbonyl (C=O) groups excluding carboxylic acids is 1. The van der Waals surface area contributed by atoms with E-state index in [0.717, 1.165) is 5.56 Å². The van der Waals surface area contributed by atoms with Crippen LogP contribution in [0.1, 0.15) is 24.2 Å². The van der Waals surface area contributed by atoms with Gasteiger partial charge in [-0.2, -0.15) is 0 Å². The second-order valence-electron chi connectivity index (χ2n) is 4.38. The lowest BCUT2D eigenvalue weighted by atomic mass is 10.00. The molecule has 0 aliphatic rings. The van der Waals surface area contributed by atoms with Crippen molar-refractivity contribution in [2.24, 2.45) is 0 Å². The molecule has 0 unspecified atom stereocenters. The topological polar surface area (TPSA) is 35.5 Å². The van der Waals surface area contributed by atoms with Crippen LogP contribution in [0.15, 0.2) is 36.4 Å². The van der Waals surface area contributed by atoms with Gasteiger partial charge in [-0.3, -0.25) is 4.79 Å². The van der Waals surface area contributed by atoms with Crippen molar-refractivity contribution in [3.05, 3.63) is 47.8 Å². The van der Waals surface area contributed by atoms with E-state index in [1.165, 1.54) is 12.1 Å². The van der Waals surface area contributed by atoms with E-state index in [9.17, 15) is 9.18 Å². The maximum Gasteiger partial charge on any atom is 0.161 e. The molecule has 0 bridgehead atoms. The Kier molecular flexibility index (Phi) is 4.93. The molecule has 0 amide bonds. The minimum absolute atomic E-state index is 0.307. The van der Waals surface area contributed by atoms with Crippen LogP contribution < -0.4 is 9.47 Å². The van der Waals surface area contributed by atoms with E-state index >= 15 is 0 Å². The van der Waals surface area contributed by atoms with Gasteiger partial charge < -0.3 is 9.47 Å². The van der Waals surface area contributed by atoms with Gasteiger partial charge >= 0.3 is 0 Å². The molecule has 0 aliphatic heterocycles. The van der Waals surface area contributed by atoms with Gasteiger partial charge in [0.25, 0.3) is 0 Å². The molecule has 0 fully saturated rings. The third kappa shape index (κ3) is 3.40. The summed E-state index contributed by atoms with van der Waals surface area (Å²) < 4.78 is 24.3. The number of hydrogen-bond acceptors (Lipinski definition) is 3. The van der Waals surface area contributed by atoms with Crippen LogP contribution in [0.5, 0.6) is 11.5 Å². The normalized spacial score (nSPS) is 10.2. The lowest BCUT2D eigenvalue weighted by molar-refractivity contribution is 0.112. The number of ether oxygens (including phenoxy) is 2. The Bertz CT molecular complexity index is 638. The van der Waals surface area contributed by atoms with Gasteiger partial charge in [-0.05, 0) is 49.2 Å². The zero-order chi connectivity index (χ0) is 15.2. The van der Waals surface area contributed by atoms with Crippen molar-refractivity contribution in [3.8, 4) is 22.6 Å². The molecular formula is C17H17FO3. The van der Waals surface area contributed by atoms with Crippen LogP contribution >= 0.6 is 0 Å².